The minimum absolute atomic E-state index is 0.347. The lowest BCUT2D eigenvalue weighted by molar-refractivity contribution is 0.163. The quantitative estimate of drug-likeness (QED) is 0.845. The Bertz CT molecular complexity index is 453. The van der Waals surface area contributed by atoms with Gasteiger partial charge in [0.2, 0.25) is 0 Å². The second-order valence-electron chi connectivity index (χ2n) is 4.16. The summed E-state index contributed by atoms with van der Waals surface area (Å²) in [6.07, 6.45) is 5.36. The maximum atomic E-state index is 9.92. The van der Waals surface area contributed by atoms with Gasteiger partial charge in [0, 0.05) is 37.3 Å². The van der Waals surface area contributed by atoms with Crippen molar-refractivity contribution in [3.63, 3.8) is 0 Å². The zero-order chi connectivity index (χ0) is 12.1. The van der Waals surface area contributed by atoms with Crippen LogP contribution in [0.3, 0.4) is 0 Å². The molecule has 0 aromatic carbocycles. The fraction of sp³-hybridized carbons (Fsp3) is 0.385. The molecule has 2 aromatic rings. The summed E-state index contributed by atoms with van der Waals surface area (Å²) in [5.41, 5.74) is 2.08. The summed E-state index contributed by atoms with van der Waals surface area (Å²) in [5, 5.41) is 14.0. The van der Waals surface area contributed by atoms with Crippen LogP contribution in [-0.2, 0) is 19.9 Å². The van der Waals surface area contributed by atoms with Gasteiger partial charge in [-0.25, -0.2) is 0 Å². The summed E-state index contributed by atoms with van der Waals surface area (Å²) in [6, 6.07) is 7.74. The number of pyridine rings is 1. The Morgan fingerprint density at radius 2 is 2.18 bits per heavy atom. The molecular weight excluding hydrogens is 214 g/mol. The molecule has 0 amide bonds. The molecule has 1 atom stereocenters. The van der Waals surface area contributed by atoms with Gasteiger partial charge in [-0.2, -0.15) is 5.10 Å². The van der Waals surface area contributed by atoms with E-state index in [0.29, 0.717) is 6.42 Å². The Morgan fingerprint density at radius 3 is 2.82 bits per heavy atom. The molecule has 2 rings (SSSR count). The van der Waals surface area contributed by atoms with Crippen molar-refractivity contribution < 1.29 is 5.11 Å². The van der Waals surface area contributed by atoms with E-state index in [4.69, 9.17) is 0 Å². The molecule has 1 N–H and O–H groups in total. The molecule has 0 saturated carbocycles. The molecule has 0 radical (unpaired) electrons. The number of aliphatic hydroxyl groups is 1. The van der Waals surface area contributed by atoms with Crippen molar-refractivity contribution in [2.75, 3.05) is 0 Å². The van der Waals surface area contributed by atoms with Crippen molar-refractivity contribution >= 4 is 0 Å². The van der Waals surface area contributed by atoms with E-state index in [9.17, 15) is 5.11 Å². The lowest BCUT2D eigenvalue weighted by Crippen LogP contribution is -2.13. The summed E-state index contributed by atoms with van der Waals surface area (Å²) in [7, 11) is 1.92. The highest BCUT2D eigenvalue weighted by molar-refractivity contribution is 5.05. The van der Waals surface area contributed by atoms with Crippen LogP contribution < -0.4 is 0 Å². The summed E-state index contributed by atoms with van der Waals surface area (Å²) in [6.45, 7) is 0. The average Bonchev–Trinajstić information content (AvgIpc) is 2.74. The number of aliphatic hydroxyl groups excluding tert-OH is 1. The van der Waals surface area contributed by atoms with Crippen molar-refractivity contribution in [1.82, 2.24) is 14.8 Å². The highest BCUT2D eigenvalue weighted by Crippen LogP contribution is 2.07. The zero-order valence-corrected chi connectivity index (χ0v) is 9.95. The van der Waals surface area contributed by atoms with E-state index in [1.165, 1.54) is 0 Å². The Kier molecular flexibility index (Phi) is 3.88. The van der Waals surface area contributed by atoms with Crippen LogP contribution in [0.1, 0.15) is 17.8 Å². The highest BCUT2D eigenvalue weighted by atomic mass is 16.3. The molecule has 0 spiro atoms. The SMILES string of the molecule is Cn1nccc1CCC(O)Cc1ccccn1. The van der Waals surface area contributed by atoms with Crippen LogP contribution in [0.2, 0.25) is 0 Å². The Labute approximate surface area is 101 Å². The molecule has 1 unspecified atom stereocenters. The fourth-order valence-corrected chi connectivity index (χ4v) is 1.82. The van der Waals surface area contributed by atoms with E-state index in [-0.39, 0.29) is 6.10 Å². The summed E-state index contributed by atoms with van der Waals surface area (Å²) in [4.78, 5) is 4.20. The standard InChI is InChI=1S/C13H17N3O/c1-16-12(7-9-15-16)5-6-13(17)10-11-4-2-3-8-14-11/h2-4,7-9,13,17H,5-6,10H2,1H3. The Morgan fingerprint density at radius 1 is 1.29 bits per heavy atom. The molecule has 0 bridgehead atoms. The van der Waals surface area contributed by atoms with Crippen molar-refractivity contribution in [3.8, 4) is 0 Å². The highest BCUT2D eigenvalue weighted by Gasteiger charge is 2.08. The van der Waals surface area contributed by atoms with Crippen LogP contribution >= 0.6 is 0 Å². The maximum Gasteiger partial charge on any atom is 0.0599 e. The van der Waals surface area contributed by atoms with Crippen LogP contribution in [0.15, 0.2) is 36.7 Å². The molecule has 0 saturated heterocycles. The molecule has 17 heavy (non-hydrogen) atoms. The van der Waals surface area contributed by atoms with Gasteiger partial charge in [-0.3, -0.25) is 9.67 Å². The van der Waals surface area contributed by atoms with E-state index in [1.54, 1.807) is 12.4 Å². The topological polar surface area (TPSA) is 50.9 Å². The first kappa shape index (κ1) is 11.8. The fourth-order valence-electron chi connectivity index (χ4n) is 1.82. The average molecular weight is 231 g/mol. The Hall–Kier alpha value is -1.68. The molecule has 0 fully saturated rings. The van der Waals surface area contributed by atoms with Crippen LogP contribution in [0.4, 0.5) is 0 Å². The van der Waals surface area contributed by atoms with Gasteiger partial charge in [-0.15, -0.1) is 0 Å². The Balaban J connectivity index is 1.82. The van der Waals surface area contributed by atoms with Gasteiger partial charge in [-0.05, 0) is 31.0 Å². The smallest absolute Gasteiger partial charge is 0.0599 e. The van der Waals surface area contributed by atoms with E-state index in [2.05, 4.69) is 10.1 Å². The molecule has 2 aromatic heterocycles. The van der Waals surface area contributed by atoms with Crippen molar-refractivity contribution in [3.05, 3.63) is 48.0 Å². The third kappa shape index (κ3) is 3.39. The molecule has 2 heterocycles. The van der Waals surface area contributed by atoms with Crippen LogP contribution in [0.5, 0.6) is 0 Å². The lowest BCUT2D eigenvalue weighted by atomic mass is 10.1. The molecule has 90 valence electrons. The first-order chi connectivity index (χ1) is 8.25. The number of hydrogen-bond acceptors (Lipinski definition) is 3. The van der Waals surface area contributed by atoms with E-state index >= 15 is 0 Å². The van der Waals surface area contributed by atoms with Gasteiger partial charge in [0.15, 0.2) is 0 Å². The molecule has 4 heteroatoms. The lowest BCUT2D eigenvalue weighted by Gasteiger charge is -2.09. The van der Waals surface area contributed by atoms with E-state index in [1.807, 2.05) is 36.0 Å². The zero-order valence-electron chi connectivity index (χ0n) is 9.95. The molecular formula is C13H17N3O. The van der Waals surface area contributed by atoms with Gasteiger partial charge in [-0.1, -0.05) is 6.07 Å². The largest absolute Gasteiger partial charge is 0.393 e. The third-order valence-electron chi connectivity index (χ3n) is 2.83. The minimum atomic E-state index is -0.347. The van der Waals surface area contributed by atoms with E-state index in [0.717, 1.165) is 24.2 Å². The number of aryl methyl sites for hydroxylation is 2. The van der Waals surface area contributed by atoms with Gasteiger partial charge in [0.25, 0.3) is 0 Å². The van der Waals surface area contributed by atoms with Gasteiger partial charge in [0.1, 0.15) is 0 Å². The van der Waals surface area contributed by atoms with Crippen molar-refractivity contribution in [2.24, 2.45) is 7.05 Å². The molecule has 0 aliphatic rings. The molecule has 4 nitrogen and oxygen atoms in total. The minimum Gasteiger partial charge on any atom is -0.393 e. The molecule has 0 aliphatic heterocycles. The van der Waals surface area contributed by atoms with Crippen molar-refractivity contribution in [1.29, 1.82) is 0 Å². The number of hydrogen-bond donors (Lipinski definition) is 1. The van der Waals surface area contributed by atoms with Crippen LogP contribution in [-0.4, -0.2) is 26.0 Å². The molecule has 0 aliphatic carbocycles. The first-order valence-electron chi connectivity index (χ1n) is 5.80. The summed E-state index contributed by atoms with van der Waals surface area (Å²) >= 11 is 0. The van der Waals surface area contributed by atoms with Gasteiger partial charge >= 0.3 is 0 Å². The van der Waals surface area contributed by atoms with Crippen LogP contribution in [0, 0.1) is 0 Å². The van der Waals surface area contributed by atoms with E-state index < -0.39 is 0 Å². The van der Waals surface area contributed by atoms with Gasteiger partial charge < -0.3 is 5.11 Å². The van der Waals surface area contributed by atoms with Crippen molar-refractivity contribution in [2.45, 2.75) is 25.4 Å². The number of rotatable bonds is 5. The van der Waals surface area contributed by atoms with Gasteiger partial charge in [0.05, 0.1) is 6.10 Å². The number of aromatic nitrogens is 3. The normalized spacial score (nSPS) is 12.6. The second-order valence-corrected chi connectivity index (χ2v) is 4.16. The van der Waals surface area contributed by atoms with Crippen LogP contribution in [0.25, 0.3) is 0 Å². The second kappa shape index (κ2) is 5.59. The maximum absolute atomic E-state index is 9.92. The predicted molar refractivity (Wildman–Crippen MR) is 65.5 cm³/mol. The number of nitrogens with zero attached hydrogens (tertiary/aromatic N) is 3. The first-order valence-corrected chi connectivity index (χ1v) is 5.80. The summed E-state index contributed by atoms with van der Waals surface area (Å²) in [5.74, 6) is 0. The monoisotopic (exact) mass is 231 g/mol. The third-order valence-corrected chi connectivity index (χ3v) is 2.83. The summed E-state index contributed by atoms with van der Waals surface area (Å²) < 4.78 is 1.84. The predicted octanol–water partition coefficient (Wildman–Crippen LogP) is 1.35.